The van der Waals surface area contributed by atoms with Gasteiger partial charge in [0, 0.05) is 6.08 Å². The molecule has 0 radical (unpaired) electrons. The van der Waals surface area contributed by atoms with E-state index in [1.54, 1.807) is 20.2 Å². The molecule has 0 spiro atoms. The number of nitro groups is 1. The molecule has 2 aromatic rings. The highest BCUT2D eigenvalue weighted by Crippen LogP contribution is 2.17. The monoisotopic (exact) mass is 259 g/mol. The Balaban J connectivity index is 2.25. The van der Waals surface area contributed by atoms with Crippen molar-refractivity contribution in [3.8, 4) is 5.75 Å². The molecule has 1 aromatic heterocycles. The van der Waals surface area contributed by atoms with Crippen LogP contribution in [0.3, 0.4) is 0 Å². The standard InChI is InChI=1S/C13H13N3O3/c1-15-12(14-9-13(15)16(17)18)7-6-10-4-3-5-11(8-10)19-2/h3-9H,1-2H3/b7-6+. The predicted octanol–water partition coefficient (Wildman–Crippen LogP) is 2.51. The topological polar surface area (TPSA) is 70.2 Å². The highest BCUT2D eigenvalue weighted by Gasteiger charge is 2.13. The summed E-state index contributed by atoms with van der Waals surface area (Å²) >= 11 is 0. The molecule has 6 nitrogen and oxygen atoms in total. The zero-order valence-electron chi connectivity index (χ0n) is 10.6. The summed E-state index contributed by atoms with van der Waals surface area (Å²) in [6.45, 7) is 0. The molecular formula is C13H13N3O3. The van der Waals surface area contributed by atoms with Crippen LogP contribution in [0.25, 0.3) is 12.2 Å². The fourth-order valence-corrected chi connectivity index (χ4v) is 1.65. The smallest absolute Gasteiger partial charge is 0.342 e. The quantitative estimate of drug-likeness (QED) is 0.624. The van der Waals surface area contributed by atoms with Crippen molar-refractivity contribution in [1.29, 1.82) is 0 Å². The minimum absolute atomic E-state index is 0.0368. The number of hydrogen-bond donors (Lipinski definition) is 0. The lowest BCUT2D eigenvalue weighted by molar-refractivity contribution is -0.391. The van der Waals surface area contributed by atoms with Crippen LogP contribution >= 0.6 is 0 Å². The van der Waals surface area contributed by atoms with Gasteiger partial charge < -0.3 is 14.9 Å². The average Bonchev–Trinajstić information content (AvgIpc) is 2.78. The number of imidazole rings is 1. The zero-order chi connectivity index (χ0) is 13.8. The van der Waals surface area contributed by atoms with Gasteiger partial charge in [-0.1, -0.05) is 12.1 Å². The number of methoxy groups -OCH3 is 1. The van der Waals surface area contributed by atoms with Crippen molar-refractivity contribution in [2.24, 2.45) is 7.05 Å². The summed E-state index contributed by atoms with van der Waals surface area (Å²) in [4.78, 5) is 14.2. The molecule has 0 bridgehead atoms. The van der Waals surface area contributed by atoms with Gasteiger partial charge in [0.25, 0.3) is 0 Å². The van der Waals surface area contributed by atoms with Crippen LogP contribution in [0, 0.1) is 10.1 Å². The molecule has 0 saturated carbocycles. The van der Waals surface area contributed by atoms with E-state index in [0.717, 1.165) is 11.3 Å². The number of aromatic nitrogens is 2. The summed E-state index contributed by atoms with van der Waals surface area (Å²) in [5.74, 6) is 1.24. The first-order valence-corrected chi connectivity index (χ1v) is 5.60. The van der Waals surface area contributed by atoms with E-state index in [4.69, 9.17) is 4.74 Å². The number of ether oxygens (including phenoxy) is 1. The Morgan fingerprint density at radius 1 is 1.42 bits per heavy atom. The van der Waals surface area contributed by atoms with Crippen LogP contribution in [-0.4, -0.2) is 21.6 Å². The fourth-order valence-electron chi connectivity index (χ4n) is 1.65. The molecule has 0 aliphatic heterocycles. The SMILES string of the molecule is COc1cccc(/C=C/c2ncc([N+](=O)[O-])n2C)c1. The lowest BCUT2D eigenvalue weighted by Crippen LogP contribution is -1.98. The molecule has 0 N–H and O–H groups in total. The van der Waals surface area contributed by atoms with Gasteiger partial charge in [0.15, 0.2) is 0 Å². The summed E-state index contributed by atoms with van der Waals surface area (Å²) in [6.07, 6.45) is 4.79. The number of benzene rings is 1. The molecule has 0 amide bonds. The Labute approximate surface area is 110 Å². The van der Waals surface area contributed by atoms with Gasteiger partial charge in [-0.2, -0.15) is 0 Å². The number of hydrogen-bond acceptors (Lipinski definition) is 4. The maximum Gasteiger partial charge on any atom is 0.342 e. The van der Waals surface area contributed by atoms with Crippen LogP contribution in [0.2, 0.25) is 0 Å². The maximum atomic E-state index is 10.7. The van der Waals surface area contributed by atoms with Crippen molar-refractivity contribution in [2.75, 3.05) is 7.11 Å². The second kappa shape index (κ2) is 5.34. The van der Waals surface area contributed by atoms with Crippen LogP contribution < -0.4 is 4.74 Å². The fraction of sp³-hybridized carbons (Fsp3) is 0.154. The Morgan fingerprint density at radius 2 is 2.21 bits per heavy atom. The summed E-state index contributed by atoms with van der Waals surface area (Å²) in [5.41, 5.74) is 0.935. The van der Waals surface area contributed by atoms with Gasteiger partial charge >= 0.3 is 5.82 Å². The molecule has 0 saturated heterocycles. The van der Waals surface area contributed by atoms with Crippen LogP contribution in [-0.2, 0) is 7.05 Å². The van der Waals surface area contributed by atoms with E-state index < -0.39 is 4.92 Å². The highest BCUT2D eigenvalue weighted by molar-refractivity contribution is 5.68. The first-order chi connectivity index (χ1) is 9.11. The Morgan fingerprint density at radius 3 is 2.84 bits per heavy atom. The van der Waals surface area contributed by atoms with Crippen molar-refractivity contribution < 1.29 is 9.66 Å². The van der Waals surface area contributed by atoms with E-state index in [1.807, 2.05) is 30.3 Å². The van der Waals surface area contributed by atoms with Crippen LogP contribution in [0.1, 0.15) is 11.4 Å². The Bertz CT molecular complexity index is 632. The third-order valence-corrected chi connectivity index (χ3v) is 2.71. The molecule has 2 rings (SSSR count). The lowest BCUT2D eigenvalue weighted by atomic mass is 10.2. The van der Waals surface area contributed by atoms with Crippen molar-refractivity contribution in [1.82, 2.24) is 9.55 Å². The van der Waals surface area contributed by atoms with Gasteiger partial charge in [0.2, 0.25) is 5.82 Å². The Kier molecular flexibility index (Phi) is 3.61. The van der Waals surface area contributed by atoms with Gasteiger partial charge in [0.1, 0.15) is 11.9 Å². The summed E-state index contributed by atoms with van der Waals surface area (Å²) < 4.78 is 6.55. The van der Waals surface area contributed by atoms with E-state index in [-0.39, 0.29) is 5.82 Å². The third kappa shape index (κ3) is 2.79. The summed E-state index contributed by atoms with van der Waals surface area (Å²) in [7, 11) is 3.21. The van der Waals surface area contributed by atoms with Gasteiger partial charge in [0.05, 0.1) is 14.2 Å². The second-order valence-corrected chi connectivity index (χ2v) is 3.90. The number of rotatable bonds is 4. The first kappa shape index (κ1) is 12.8. The van der Waals surface area contributed by atoms with E-state index in [0.29, 0.717) is 5.82 Å². The van der Waals surface area contributed by atoms with E-state index in [1.165, 1.54) is 10.8 Å². The third-order valence-electron chi connectivity index (χ3n) is 2.71. The van der Waals surface area contributed by atoms with E-state index >= 15 is 0 Å². The van der Waals surface area contributed by atoms with Gasteiger partial charge in [-0.05, 0) is 28.7 Å². The van der Waals surface area contributed by atoms with Gasteiger partial charge in [-0.3, -0.25) is 0 Å². The minimum Gasteiger partial charge on any atom is -0.497 e. The van der Waals surface area contributed by atoms with Crippen molar-refractivity contribution in [3.63, 3.8) is 0 Å². The van der Waals surface area contributed by atoms with Gasteiger partial charge in [-0.15, -0.1) is 0 Å². The second-order valence-electron chi connectivity index (χ2n) is 3.90. The van der Waals surface area contributed by atoms with Crippen LogP contribution in [0.4, 0.5) is 5.82 Å². The van der Waals surface area contributed by atoms with Crippen LogP contribution in [0.15, 0.2) is 30.5 Å². The van der Waals surface area contributed by atoms with Crippen molar-refractivity contribution in [2.45, 2.75) is 0 Å². The zero-order valence-corrected chi connectivity index (χ0v) is 10.6. The predicted molar refractivity (Wildman–Crippen MR) is 71.8 cm³/mol. The number of nitrogens with zero attached hydrogens (tertiary/aromatic N) is 3. The van der Waals surface area contributed by atoms with Crippen molar-refractivity contribution >= 4 is 18.0 Å². The molecule has 0 aliphatic carbocycles. The molecular weight excluding hydrogens is 246 g/mol. The minimum atomic E-state index is -0.462. The summed E-state index contributed by atoms with van der Waals surface area (Å²) in [6, 6.07) is 7.51. The van der Waals surface area contributed by atoms with Crippen molar-refractivity contribution in [3.05, 3.63) is 52.0 Å². The molecule has 6 heteroatoms. The molecule has 0 unspecified atom stereocenters. The molecule has 1 heterocycles. The van der Waals surface area contributed by atoms with Gasteiger partial charge in [-0.25, -0.2) is 9.55 Å². The Hall–Kier alpha value is -2.63. The lowest BCUT2D eigenvalue weighted by Gasteiger charge is -1.99. The first-order valence-electron chi connectivity index (χ1n) is 5.60. The molecule has 0 atom stereocenters. The van der Waals surface area contributed by atoms with E-state index in [9.17, 15) is 10.1 Å². The largest absolute Gasteiger partial charge is 0.497 e. The maximum absolute atomic E-state index is 10.7. The highest BCUT2D eigenvalue weighted by atomic mass is 16.6. The molecule has 0 fully saturated rings. The molecule has 98 valence electrons. The molecule has 19 heavy (non-hydrogen) atoms. The average molecular weight is 259 g/mol. The van der Waals surface area contributed by atoms with E-state index in [2.05, 4.69) is 4.98 Å². The molecule has 0 aliphatic rings. The summed E-state index contributed by atoms with van der Waals surface area (Å²) in [5, 5.41) is 10.7. The normalized spacial score (nSPS) is 10.8. The van der Waals surface area contributed by atoms with Crippen LogP contribution in [0.5, 0.6) is 5.75 Å². The molecule has 1 aromatic carbocycles.